The summed E-state index contributed by atoms with van der Waals surface area (Å²) in [6.07, 6.45) is 2.74. The van der Waals surface area contributed by atoms with Crippen molar-refractivity contribution in [2.75, 3.05) is 11.6 Å². The van der Waals surface area contributed by atoms with Gasteiger partial charge in [-0.2, -0.15) is 0 Å². The van der Waals surface area contributed by atoms with Crippen molar-refractivity contribution in [3.05, 3.63) is 45.7 Å². The maximum absolute atomic E-state index is 12.1. The van der Waals surface area contributed by atoms with Crippen LogP contribution in [0.25, 0.3) is 0 Å². The number of carbonyl (C=O) groups is 1. The predicted octanol–water partition coefficient (Wildman–Crippen LogP) is 3.10. The van der Waals surface area contributed by atoms with Gasteiger partial charge in [-0.1, -0.05) is 11.6 Å². The second kappa shape index (κ2) is 5.82. The fourth-order valence-electron chi connectivity index (χ4n) is 1.71. The zero-order chi connectivity index (χ0) is 15.8. The van der Waals surface area contributed by atoms with Gasteiger partial charge in [0.15, 0.2) is 9.84 Å². The molecule has 5 nitrogen and oxygen atoms in total. The molecule has 1 aromatic carbocycles. The van der Waals surface area contributed by atoms with Crippen LogP contribution in [0, 0.1) is 0 Å². The van der Waals surface area contributed by atoms with Crippen molar-refractivity contribution in [1.29, 1.82) is 0 Å². The predicted molar refractivity (Wildman–Crippen MR) is 85.6 cm³/mol. The van der Waals surface area contributed by atoms with E-state index in [9.17, 15) is 13.2 Å². The van der Waals surface area contributed by atoms with E-state index in [4.69, 9.17) is 11.6 Å². The van der Waals surface area contributed by atoms with Crippen molar-refractivity contribution in [1.82, 2.24) is 4.57 Å². The molecule has 0 saturated heterocycles. The van der Waals surface area contributed by atoms with Crippen molar-refractivity contribution in [3.8, 4) is 0 Å². The number of hydrogen-bond acceptors (Lipinski definition) is 3. The third kappa shape index (κ3) is 3.87. The van der Waals surface area contributed by atoms with Crippen LogP contribution in [0.15, 0.2) is 40.0 Å². The Morgan fingerprint density at radius 2 is 1.95 bits per heavy atom. The van der Waals surface area contributed by atoms with Crippen molar-refractivity contribution in [2.45, 2.75) is 4.90 Å². The summed E-state index contributed by atoms with van der Waals surface area (Å²) >= 11 is 9.19. The van der Waals surface area contributed by atoms with Gasteiger partial charge in [-0.25, -0.2) is 8.42 Å². The number of amides is 1. The van der Waals surface area contributed by atoms with Gasteiger partial charge in [0.2, 0.25) is 0 Å². The summed E-state index contributed by atoms with van der Waals surface area (Å²) in [4.78, 5) is 12.2. The monoisotopic (exact) mass is 390 g/mol. The van der Waals surface area contributed by atoms with Crippen LogP contribution in [-0.4, -0.2) is 25.1 Å². The molecule has 0 unspecified atom stereocenters. The highest BCUT2D eigenvalue weighted by Gasteiger charge is 2.13. The molecule has 0 atom stereocenters. The normalized spacial score (nSPS) is 11.4. The van der Waals surface area contributed by atoms with E-state index < -0.39 is 9.84 Å². The van der Waals surface area contributed by atoms with Crippen LogP contribution >= 0.6 is 27.5 Å². The summed E-state index contributed by atoms with van der Waals surface area (Å²) in [5, 5.41) is 2.87. The number of nitrogens with zero attached hydrogens (tertiary/aromatic N) is 1. The molecular weight excluding hydrogens is 380 g/mol. The molecule has 0 fully saturated rings. The van der Waals surface area contributed by atoms with E-state index in [0.717, 1.165) is 10.9 Å². The molecule has 0 radical (unpaired) electrons. The summed E-state index contributed by atoms with van der Waals surface area (Å²) < 4.78 is 25.6. The van der Waals surface area contributed by atoms with Crippen LogP contribution in [0.1, 0.15) is 10.4 Å². The van der Waals surface area contributed by atoms with Gasteiger partial charge in [-0.3, -0.25) is 4.79 Å². The summed E-state index contributed by atoms with van der Waals surface area (Å²) in [5.41, 5.74) is 0.776. The molecule has 2 rings (SSSR count). The Balaban J connectivity index is 2.31. The standard InChI is InChI=1S/C13H12BrClN2O3S/c1-17-7-8(3-12(17)14)13(18)16-10-4-9(15)5-11(6-10)21(2,19)20/h3-7H,1-2H3,(H,16,18). The Morgan fingerprint density at radius 1 is 1.29 bits per heavy atom. The fraction of sp³-hybridized carbons (Fsp3) is 0.154. The molecule has 0 spiro atoms. The molecule has 1 amide bonds. The molecule has 1 heterocycles. The first-order valence-corrected chi connectivity index (χ1v) is 8.87. The minimum absolute atomic E-state index is 0.0551. The maximum atomic E-state index is 12.1. The molecule has 0 bridgehead atoms. The third-order valence-corrected chi connectivity index (χ3v) is 4.86. The van der Waals surface area contributed by atoms with Gasteiger partial charge in [-0.15, -0.1) is 0 Å². The highest BCUT2D eigenvalue weighted by molar-refractivity contribution is 9.10. The molecule has 0 aliphatic heterocycles. The van der Waals surface area contributed by atoms with Gasteiger partial charge in [0, 0.05) is 30.2 Å². The Morgan fingerprint density at radius 3 is 2.48 bits per heavy atom. The molecule has 0 saturated carbocycles. The van der Waals surface area contributed by atoms with E-state index in [-0.39, 0.29) is 15.8 Å². The molecule has 0 aliphatic rings. The van der Waals surface area contributed by atoms with Gasteiger partial charge >= 0.3 is 0 Å². The number of aryl methyl sites for hydroxylation is 1. The van der Waals surface area contributed by atoms with Crippen LogP contribution in [0.5, 0.6) is 0 Å². The lowest BCUT2D eigenvalue weighted by Gasteiger charge is -2.07. The van der Waals surface area contributed by atoms with E-state index in [0.29, 0.717) is 11.3 Å². The maximum Gasteiger partial charge on any atom is 0.257 e. The van der Waals surface area contributed by atoms with Crippen molar-refractivity contribution >= 4 is 49.0 Å². The second-order valence-electron chi connectivity index (χ2n) is 4.56. The van der Waals surface area contributed by atoms with E-state index in [1.54, 1.807) is 23.9 Å². The average Bonchev–Trinajstić information content (AvgIpc) is 2.68. The average molecular weight is 392 g/mol. The number of carbonyl (C=O) groups excluding carboxylic acids is 1. The SMILES string of the molecule is Cn1cc(C(=O)Nc2cc(Cl)cc(S(C)(=O)=O)c2)cc1Br. The van der Waals surface area contributed by atoms with Crippen molar-refractivity contribution < 1.29 is 13.2 Å². The Bertz CT molecular complexity index is 795. The van der Waals surface area contributed by atoms with Crippen LogP contribution in [0.2, 0.25) is 5.02 Å². The number of hydrogen-bond donors (Lipinski definition) is 1. The Kier molecular flexibility index (Phi) is 4.46. The summed E-state index contributed by atoms with van der Waals surface area (Å²) in [7, 11) is -1.60. The zero-order valence-electron chi connectivity index (χ0n) is 11.2. The largest absolute Gasteiger partial charge is 0.345 e. The molecule has 1 aromatic heterocycles. The van der Waals surface area contributed by atoms with E-state index in [1.807, 2.05) is 0 Å². The number of sulfone groups is 1. The summed E-state index contributed by atoms with van der Waals surface area (Å²) in [6, 6.07) is 5.87. The number of rotatable bonds is 3. The van der Waals surface area contributed by atoms with Crippen LogP contribution < -0.4 is 5.32 Å². The first-order valence-electron chi connectivity index (χ1n) is 5.80. The van der Waals surface area contributed by atoms with Gasteiger partial charge in [0.05, 0.1) is 15.1 Å². The molecule has 21 heavy (non-hydrogen) atoms. The quantitative estimate of drug-likeness (QED) is 0.874. The third-order valence-electron chi connectivity index (χ3n) is 2.76. The minimum atomic E-state index is -3.40. The topological polar surface area (TPSA) is 68.2 Å². The molecular formula is C13H12BrClN2O3S. The van der Waals surface area contributed by atoms with E-state index in [2.05, 4.69) is 21.2 Å². The first kappa shape index (κ1) is 16.1. The molecule has 8 heteroatoms. The van der Waals surface area contributed by atoms with Gasteiger partial charge in [0.25, 0.3) is 5.91 Å². The number of anilines is 1. The minimum Gasteiger partial charge on any atom is -0.345 e. The summed E-state index contributed by atoms with van der Waals surface area (Å²) in [5.74, 6) is -0.349. The number of nitrogens with one attached hydrogen (secondary N) is 1. The number of benzene rings is 1. The first-order chi connectivity index (χ1) is 9.66. The highest BCUT2D eigenvalue weighted by atomic mass is 79.9. The van der Waals surface area contributed by atoms with Crippen molar-refractivity contribution in [2.24, 2.45) is 7.05 Å². The lowest BCUT2D eigenvalue weighted by atomic mass is 10.3. The van der Waals surface area contributed by atoms with E-state index >= 15 is 0 Å². The fourth-order valence-corrected chi connectivity index (χ4v) is 3.04. The molecule has 112 valence electrons. The smallest absolute Gasteiger partial charge is 0.257 e. The highest BCUT2D eigenvalue weighted by Crippen LogP contribution is 2.23. The lowest BCUT2D eigenvalue weighted by molar-refractivity contribution is 0.102. The molecule has 2 aromatic rings. The molecule has 1 N–H and O–H groups in total. The summed E-state index contributed by atoms with van der Waals surface area (Å²) in [6.45, 7) is 0. The van der Waals surface area contributed by atoms with Crippen LogP contribution in [0.4, 0.5) is 5.69 Å². The van der Waals surface area contributed by atoms with Gasteiger partial charge < -0.3 is 9.88 Å². The van der Waals surface area contributed by atoms with E-state index in [1.165, 1.54) is 18.2 Å². The second-order valence-corrected chi connectivity index (χ2v) is 7.83. The van der Waals surface area contributed by atoms with Crippen molar-refractivity contribution in [3.63, 3.8) is 0 Å². The Hall–Kier alpha value is -1.31. The Labute approximate surface area is 136 Å². The van der Waals surface area contributed by atoms with Gasteiger partial charge in [0.1, 0.15) is 0 Å². The number of aromatic nitrogens is 1. The van der Waals surface area contributed by atoms with Gasteiger partial charge in [-0.05, 0) is 40.2 Å². The molecule has 0 aliphatic carbocycles. The number of halogens is 2. The zero-order valence-corrected chi connectivity index (χ0v) is 14.4. The van der Waals surface area contributed by atoms with Crippen LogP contribution in [0.3, 0.4) is 0 Å². The lowest BCUT2D eigenvalue weighted by Crippen LogP contribution is -2.11. The van der Waals surface area contributed by atoms with Crippen LogP contribution in [-0.2, 0) is 16.9 Å².